The maximum atomic E-state index is 12.3. The zero-order valence-corrected chi connectivity index (χ0v) is 15.0. The van der Waals surface area contributed by atoms with Crippen LogP contribution in [0.15, 0.2) is 15.9 Å². The molecule has 7 heteroatoms. The van der Waals surface area contributed by atoms with Crippen LogP contribution in [0.3, 0.4) is 0 Å². The Balaban J connectivity index is 3.13. The number of halogens is 1. The number of thiophene rings is 1. The second kappa shape index (κ2) is 7.26. The van der Waals surface area contributed by atoms with Crippen molar-refractivity contribution in [3.05, 3.63) is 20.8 Å². The highest BCUT2D eigenvalue weighted by Gasteiger charge is 2.35. The van der Waals surface area contributed by atoms with E-state index in [-0.39, 0.29) is 0 Å². The van der Waals surface area contributed by atoms with Crippen LogP contribution in [0.4, 0.5) is 4.79 Å². The Morgan fingerprint density at radius 1 is 1.48 bits per heavy atom. The summed E-state index contributed by atoms with van der Waals surface area (Å²) in [4.78, 5) is 25.9. The highest BCUT2D eigenvalue weighted by molar-refractivity contribution is 9.10. The number of nitrogens with zero attached hydrogens (tertiary/aromatic N) is 1. The molecule has 1 amide bonds. The van der Waals surface area contributed by atoms with Crippen LogP contribution in [0, 0.1) is 0 Å². The molecule has 1 heterocycles. The van der Waals surface area contributed by atoms with Crippen LogP contribution >= 0.6 is 27.3 Å². The van der Waals surface area contributed by atoms with Crippen LogP contribution in [0.1, 0.15) is 45.0 Å². The Hall–Kier alpha value is -1.08. The van der Waals surface area contributed by atoms with Crippen molar-refractivity contribution in [2.24, 2.45) is 0 Å². The second-order valence-corrected chi connectivity index (χ2v) is 7.35. The molecule has 0 bridgehead atoms. The van der Waals surface area contributed by atoms with Crippen molar-refractivity contribution in [3.8, 4) is 0 Å². The first kappa shape index (κ1) is 18.0. The van der Waals surface area contributed by atoms with Crippen molar-refractivity contribution in [2.45, 2.75) is 45.8 Å². The summed E-state index contributed by atoms with van der Waals surface area (Å²) < 4.78 is 6.02. The average molecular weight is 378 g/mol. The first-order valence-corrected chi connectivity index (χ1v) is 8.30. The van der Waals surface area contributed by atoms with Gasteiger partial charge in [0.25, 0.3) is 0 Å². The van der Waals surface area contributed by atoms with E-state index in [9.17, 15) is 14.7 Å². The van der Waals surface area contributed by atoms with Gasteiger partial charge in [-0.15, -0.1) is 11.3 Å². The van der Waals surface area contributed by atoms with E-state index in [1.165, 1.54) is 16.2 Å². The van der Waals surface area contributed by atoms with Gasteiger partial charge in [-0.3, -0.25) is 4.90 Å². The minimum Gasteiger partial charge on any atom is -0.479 e. The number of hydrogen-bond donors (Lipinski definition) is 1. The molecule has 0 aliphatic rings. The molecule has 1 unspecified atom stereocenters. The third-order valence-corrected chi connectivity index (χ3v) is 4.45. The lowest BCUT2D eigenvalue weighted by Gasteiger charge is -2.31. The molecule has 1 rings (SSSR count). The molecule has 0 aliphatic carbocycles. The topological polar surface area (TPSA) is 66.8 Å². The Bertz CT molecular complexity index is 509. The molecule has 5 nitrogen and oxygen atoms in total. The number of hydrogen-bond acceptors (Lipinski definition) is 4. The lowest BCUT2D eigenvalue weighted by atomic mass is 10.2. The van der Waals surface area contributed by atoms with E-state index in [0.29, 0.717) is 22.3 Å². The van der Waals surface area contributed by atoms with Gasteiger partial charge < -0.3 is 9.84 Å². The fourth-order valence-electron chi connectivity index (χ4n) is 1.77. The number of amides is 1. The van der Waals surface area contributed by atoms with Gasteiger partial charge in [-0.05, 0) is 54.6 Å². The van der Waals surface area contributed by atoms with E-state index in [0.717, 1.165) is 0 Å². The predicted octanol–water partition coefficient (Wildman–Crippen LogP) is 4.28. The number of carboxylic acids is 1. The monoisotopic (exact) mass is 377 g/mol. The maximum absolute atomic E-state index is 12.3. The molecular formula is C14H20BrNO4S. The van der Waals surface area contributed by atoms with Gasteiger partial charge in [0.15, 0.2) is 6.04 Å². The quantitative estimate of drug-likeness (QED) is 0.830. The largest absolute Gasteiger partial charge is 0.479 e. The smallest absolute Gasteiger partial charge is 0.411 e. The summed E-state index contributed by atoms with van der Waals surface area (Å²) in [7, 11) is 0. The van der Waals surface area contributed by atoms with Gasteiger partial charge in [0, 0.05) is 11.0 Å². The molecular weight excluding hydrogens is 358 g/mol. The van der Waals surface area contributed by atoms with Crippen LogP contribution in [-0.2, 0) is 9.53 Å². The standard InChI is InChI=1S/C14H20BrNO4S/c1-5-7-16(13(19)20-14(2,3)4)10(12(17)18)11-9(15)6-8-21-11/h6,8,10H,5,7H2,1-4H3,(H,17,18). The molecule has 0 aliphatic heterocycles. The molecule has 0 spiro atoms. The van der Waals surface area contributed by atoms with Gasteiger partial charge in [-0.2, -0.15) is 0 Å². The van der Waals surface area contributed by atoms with Crippen LogP contribution in [-0.4, -0.2) is 34.2 Å². The molecule has 0 fully saturated rings. The predicted molar refractivity (Wildman–Crippen MR) is 85.6 cm³/mol. The Labute approximate surface area is 137 Å². The maximum Gasteiger partial charge on any atom is 0.411 e. The van der Waals surface area contributed by atoms with E-state index in [1.54, 1.807) is 32.2 Å². The van der Waals surface area contributed by atoms with Gasteiger partial charge in [-0.1, -0.05) is 6.92 Å². The van der Waals surface area contributed by atoms with Gasteiger partial charge in [0.1, 0.15) is 5.60 Å². The molecule has 118 valence electrons. The van der Waals surface area contributed by atoms with Crippen molar-refractivity contribution >= 4 is 39.3 Å². The molecule has 1 atom stereocenters. The highest BCUT2D eigenvalue weighted by atomic mass is 79.9. The molecule has 0 radical (unpaired) electrons. The molecule has 1 aromatic heterocycles. The van der Waals surface area contributed by atoms with Crippen molar-refractivity contribution in [3.63, 3.8) is 0 Å². The van der Waals surface area contributed by atoms with Crippen LogP contribution in [0.5, 0.6) is 0 Å². The minimum absolute atomic E-state index is 0.316. The van der Waals surface area contributed by atoms with Crippen LogP contribution < -0.4 is 0 Å². The summed E-state index contributed by atoms with van der Waals surface area (Å²) in [6.07, 6.45) is 0.0310. The van der Waals surface area contributed by atoms with Crippen molar-refractivity contribution in [2.75, 3.05) is 6.54 Å². The minimum atomic E-state index is -1.07. The van der Waals surface area contributed by atoms with Crippen molar-refractivity contribution in [1.82, 2.24) is 4.90 Å². The Morgan fingerprint density at radius 3 is 2.48 bits per heavy atom. The molecule has 21 heavy (non-hydrogen) atoms. The first-order chi connectivity index (χ1) is 9.67. The Morgan fingerprint density at radius 2 is 2.10 bits per heavy atom. The number of aliphatic carboxylic acids is 1. The summed E-state index contributed by atoms with van der Waals surface area (Å²) in [6, 6.07) is 0.726. The van der Waals surface area contributed by atoms with Gasteiger partial charge in [0.05, 0.1) is 4.88 Å². The summed E-state index contributed by atoms with van der Waals surface area (Å²) >= 11 is 4.63. The third-order valence-electron chi connectivity index (χ3n) is 2.53. The van der Waals surface area contributed by atoms with E-state index < -0.39 is 23.7 Å². The Kier molecular flexibility index (Phi) is 6.22. The molecule has 0 aromatic carbocycles. The molecule has 0 saturated heterocycles. The fourth-order valence-corrected chi connectivity index (χ4v) is 3.47. The van der Waals surface area contributed by atoms with Gasteiger partial charge >= 0.3 is 12.1 Å². The van der Waals surface area contributed by atoms with Crippen LogP contribution in [0.2, 0.25) is 0 Å². The first-order valence-electron chi connectivity index (χ1n) is 6.62. The van der Waals surface area contributed by atoms with E-state index in [4.69, 9.17) is 4.74 Å². The van der Waals surface area contributed by atoms with Crippen LogP contribution in [0.25, 0.3) is 0 Å². The number of ether oxygens (including phenoxy) is 1. The van der Waals surface area contributed by atoms with E-state index in [1.807, 2.05) is 6.92 Å². The van der Waals surface area contributed by atoms with Gasteiger partial charge in [-0.25, -0.2) is 9.59 Å². The molecule has 1 N–H and O–H groups in total. The van der Waals surface area contributed by atoms with E-state index in [2.05, 4.69) is 15.9 Å². The van der Waals surface area contributed by atoms with Gasteiger partial charge in [0.2, 0.25) is 0 Å². The molecule has 1 aromatic rings. The average Bonchev–Trinajstić information content (AvgIpc) is 2.72. The number of carbonyl (C=O) groups excluding carboxylic acids is 1. The van der Waals surface area contributed by atoms with E-state index >= 15 is 0 Å². The summed E-state index contributed by atoms with van der Waals surface area (Å²) in [6.45, 7) is 7.47. The summed E-state index contributed by atoms with van der Waals surface area (Å²) in [5.74, 6) is -1.07. The number of carboxylic acid groups (broad SMARTS) is 1. The fraction of sp³-hybridized carbons (Fsp3) is 0.571. The SMILES string of the molecule is CCCN(C(=O)OC(C)(C)C)C(C(=O)O)c1sccc1Br. The number of rotatable bonds is 5. The lowest BCUT2D eigenvalue weighted by molar-refractivity contribution is -0.143. The lowest BCUT2D eigenvalue weighted by Crippen LogP contribution is -2.42. The zero-order valence-electron chi connectivity index (χ0n) is 12.6. The highest BCUT2D eigenvalue weighted by Crippen LogP contribution is 2.34. The third kappa shape index (κ3) is 5.00. The van der Waals surface area contributed by atoms with Crippen molar-refractivity contribution < 1.29 is 19.4 Å². The normalized spacial score (nSPS) is 12.8. The number of carbonyl (C=O) groups is 2. The second-order valence-electron chi connectivity index (χ2n) is 5.55. The summed E-state index contributed by atoms with van der Waals surface area (Å²) in [5, 5.41) is 11.3. The molecule has 0 saturated carbocycles. The zero-order chi connectivity index (χ0) is 16.2. The summed E-state index contributed by atoms with van der Waals surface area (Å²) in [5.41, 5.74) is -0.668. The van der Waals surface area contributed by atoms with Crippen molar-refractivity contribution in [1.29, 1.82) is 0 Å².